The maximum atomic E-state index is 12.8. The van der Waals surface area contributed by atoms with Crippen molar-refractivity contribution < 1.29 is 28.6 Å². The molecule has 1 unspecified atom stereocenters. The Morgan fingerprint density at radius 2 is 0.553 bits per heavy atom. The predicted octanol–water partition coefficient (Wildman–Crippen LogP) is 21.8. The number of carbonyl (C=O) groups excluding carboxylic acids is 3. The normalized spacial score (nSPS) is 12.8. The fourth-order valence-electron chi connectivity index (χ4n) is 8.72. The molecule has 0 aromatic heterocycles. The van der Waals surface area contributed by atoms with Crippen molar-refractivity contribution in [2.24, 2.45) is 0 Å². The Balaban J connectivity index is 4.22. The molecule has 434 valence electrons. The van der Waals surface area contributed by atoms with Gasteiger partial charge >= 0.3 is 17.9 Å². The van der Waals surface area contributed by atoms with Crippen LogP contribution in [0.15, 0.2) is 109 Å². The van der Waals surface area contributed by atoms with Crippen LogP contribution in [0.1, 0.15) is 297 Å². The van der Waals surface area contributed by atoms with E-state index < -0.39 is 6.10 Å². The Morgan fingerprint density at radius 1 is 0.276 bits per heavy atom. The summed E-state index contributed by atoms with van der Waals surface area (Å²) in [5.74, 6) is -1.00. The van der Waals surface area contributed by atoms with Crippen molar-refractivity contribution >= 4 is 17.9 Å². The lowest BCUT2D eigenvalue weighted by Crippen LogP contribution is -2.30. The van der Waals surface area contributed by atoms with E-state index >= 15 is 0 Å². The molecule has 0 aliphatic carbocycles. The maximum absolute atomic E-state index is 12.8. The molecule has 0 aromatic rings. The first-order valence-electron chi connectivity index (χ1n) is 31.9. The topological polar surface area (TPSA) is 78.9 Å². The Morgan fingerprint density at radius 3 is 0.921 bits per heavy atom. The highest BCUT2D eigenvalue weighted by molar-refractivity contribution is 5.71. The number of unbranched alkanes of at least 4 members (excludes halogenated alkanes) is 28. The van der Waals surface area contributed by atoms with Crippen LogP contribution in [0.5, 0.6) is 0 Å². The van der Waals surface area contributed by atoms with Crippen LogP contribution < -0.4 is 0 Å². The summed E-state index contributed by atoms with van der Waals surface area (Å²) in [7, 11) is 0. The van der Waals surface area contributed by atoms with E-state index in [-0.39, 0.29) is 37.5 Å². The van der Waals surface area contributed by atoms with E-state index in [0.29, 0.717) is 19.3 Å². The standard InChI is InChI=1S/C70H118O6/c1-4-7-10-13-16-19-22-25-27-28-29-30-31-32-33-34-35-36-37-38-39-40-41-42-43-46-48-51-54-57-60-63-69(72)75-66-67(65-74-68(71)62-59-56-53-50-47-44-24-21-18-15-12-9-6-3)76-70(73)64-61-58-55-52-49-45-26-23-20-17-14-11-8-5-2/h9,12,14,17-18,21-23,25-26,28-29,31-32,44,47,53,56,67H,4-8,10-11,13,15-16,19-20,24,27,30,33-43,45-46,48-52,54-55,57-66H2,1-3H3/b12-9-,17-14-,21-18-,25-22-,26-23-,29-28-,32-31-,47-44-,56-53-. The SMILES string of the molecule is CC/C=C\C/C=C\C/C=C\C/C=C\CCC(=O)OCC(COC(=O)CCCCCCCCCCCCCCCCCC/C=C\C/C=C\C/C=C\CCCCCCC)OC(=O)CCCCCCC/C=C\C/C=C\CCCC. The molecule has 0 rings (SSSR count). The lowest BCUT2D eigenvalue weighted by Gasteiger charge is -2.18. The molecule has 0 spiro atoms. The lowest BCUT2D eigenvalue weighted by molar-refractivity contribution is -0.166. The highest BCUT2D eigenvalue weighted by atomic mass is 16.6. The van der Waals surface area contributed by atoms with Gasteiger partial charge in [-0.05, 0) is 109 Å². The first-order valence-corrected chi connectivity index (χ1v) is 31.9. The van der Waals surface area contributed by atoms with Gasteiger partial charge in [0, 0.05) is 19.3 Å². The minimum Gasteiger partial charge on any atom is -0.462 e. The molecule has 0 bridgehead atoms. The van der Waals surface area contributed by atoms with Crippen molar-refractivity contribution in [1.29, 1.82) is 0 Å². The quantitative estimate of drug-likeness (QED) is 0.0261. The molecule has 6 nitrogen and oxygen atoms in total. The molecule has 0 aliphatic heterocycles. The molecule has 0 radical (unpaired) electrons. The molecule has 0 fully saturated rings. The predicted molar refractivity (Wildman–Crippen MR) is 330 cm³/mol. The van der Waals surface area contributed by atoms with E-state index in [0.717, 1.165) is 103 Å². The Hall–Kier alpha value is -3.93. The number of rotatable bonds is 57. The maximum Gasteiger partial charge on any atom is 0.306 e. The van der Waals surface area contributed by atoms with E-state index in [1.165, 1.54) is 148 Å². The van der Waals surface area contributed by atoms with Crippen molar-refractivity contribution in [3.8, 4) is 0 Å². The third kappa shape index (κ3) is 60.9. The van der Waals surface area contributed by atoms with Gasteiger partial charge in [-0.25, -0.2) is 0 Å². The molecule has 1 atom stereocenters. The van der Waals surface area contributed by atoms with Crippen molar-refractivity contribution in [1.82, 2.24) is 0 Å². The monoisotopic (exact) mass is 1050 g/mol. The van der Waals surface area contributed by atoms with Crippen molar-refractivity contribution in [3.05, 3.63) is 109 Å². The Bertz CT molecular complexity index is 1540. The summed E-state index contributed by atoms with van der Waals surface area (Å²) < 4.78 is 16.8. The number of hydrogen-bond acceptors (Lipinski definition) is 6. The highest BCUT2D eigenvalue weighted by Gasteiger charge is 2.19. The summed E-state index contributed by atoms with van der Waals surface area (Å²) in [6.07, 6.45) is 87.0. The summed E-state index contributed by atoms with van der Waals surface area (Å²) in [4.78, 5) is 38.1. The van der Waals surface area contributed by atoms with Crippen molar-refractivity contribution in [3.63, 3.8) is 0 Å². The molecule has 0 aliphatic rings. The number of carbonyl (C=O) groups is 3. The van der Waals surface area contributed by atoms with Crippen LogP contribution in [0.4, 0.5) is 0 Å². The number of allylic oxidation sites excluding steroid dienone is 18. The number of ether oxygens (including phenoxy) is 3. The van der Waals surface area contributed by atoms with Gasteiger partial charge in [0.1, 0.15) is 13.2 Å². The minimum absolute atomic E-state index is 0.106. The van der Waals surface area contributed by atoms with Gasteiger partial charge < -0.3 is 14.2 Å². The van der Waals surface area contributed by atoms with Gasteiger partial charge in [0.2, 0.25) is 0 Å². The third-order valence-corrected chi connectivity index (χ3v) is 13.5. The van der Waals surface area contributed by atoms with Crippen LogP contribution in [0.3, 0.4) is 0 Å². The van der Waals surface area contributed by atoms with Gasteiger partial charge in [0.15, 0.2) is 6.10 Å². The zero-order chi connectivity index (χ0) is 55.0. The molecule has 0 saturated carbocycles. The van der Waals surface area contributed by atoms with Gasteiger partial charge in [-0.1, -0.05) is 278 Å². The zero-order valence-corrected chi connectivity index (χ0v) is 49.7. The third-order valence-electron chi connectivity index (χ3n) is 13.5. The van der Waals surface area contributed by atoms with Crippen LogP contribution in [0.2, 0.25) is 0 Å². The molecule has 0 saturated heterocycles. The fraction of sp³-hybridized carbons (Fsp3) is 0.700. The first-order chi connectivity index (χ1) is 37.5. The van der Waals surface area contributed by atoms with Crippen molar-refractivity contribution in [2.45, 2.75) is 303 Å². The second kappa shape index (κ2) is 63.6. The minimum atomic E-state index is -0.815. The Labute approximate surface area is 470 Å². The molecule has 0 heterocycles. The van der Waals surface area contributed by atoms with Gasteiger partial charge in [-0.15, -0.1) is 0 Å². The summed E-state index contributed by atoms with van der Waals surface area (Å²) in [5.41, 5.74) is 0. The average molecular weight is 1060 g/mol. The van der Waals surface area contributed by atoms with Crippen LogP contribution in [0, 0.1) is 0 Å². The summed E-state index contributed by atoms with van der Waals surface area (Å²) in [5, 5.41) is 0. The summed E-state index contributed by atoms with van der Waals surface area (Å²) >= 11 is 0. The second-order valence-electron chi connectivity index (χ2n) is 20.9. The lowest BCUT2D eigenvalue weighted by atomic mass is 10.0. The van der Waals surface area contributed by atoms with Crippen LogP contribution in [-0.4, -0.2) is 37.2 Å². The molecule has 0 N–H and O–H groups in total. The molecule has 0 aromatic carbocycles. The van der Waals surface area contributed by atoms with E-state index in [9.17, 15) is 14.4 Å². The van der Waals surface area contributed by atoms with Crippen molar-refractivity contribution in [2.75, 3.05) is 13.2 Å². The van der Waals surface area contributed by atoms with Crippen LogP contribution >= 0.6 is 0 Å². The average Bonchev–Trinajstić information content (AvgIpc) is 3.42. The van der Waals surface area contributed by atoms with E-state index in [2.05, 4.69) is 124 Å². The molecular formula is C70H118O6. The highest BCUT2D eigenvalue weighted by Crippen LogP contribution is 2.16. The first kappa shape index (κ1) is 72.1. The van der Waals surface area contributed by atoms with E-state index in [1.807, 2.05) is 6.08 Å². The van der Waals surface area contributed by atoms with Crippen LogP contribution in [-0.2, 0) is 28.6 Å². The number of hydrogen-bond donors (Lipinski definition) is 0. The summed E-state index contributed by atoms with van der Waals surface area (Å²) in [6, 6.07) is 0. The van der Waals surface area contributed by atoms with Gasteiger partial charge in [-0.2, -0.15) is 0 Å². The zero-order valence-electron chi connectivity index (χ0n) is 49.7. The fourth-order valence-corrected chi connectivity index (χ4v) is 8.72. The Kier molecular flexibility index (Phi) is 60.3. The largest absolute Gasteiger partial charge is 0.462 e. The molecule has 76 heavy (non-hydrogen) atoms. The molecular weight excluding hydrogens is 937 g/mol. The smallest absolute Gasteiger partial charge is 0.306 e. The molecule has 0 amide bonds. The van der Waals surface area contributed by atoms with E-state index in [4.69, 9.17) is 14.2 Å². The second-order valence-corrected chi connectivity index (χ2v) is 20.9. The van der Waals surface area contributed by atoms with Gasteiger partial charge in [0.25, 0.3) is 0 Å². The van der Waals surface area contributed by atoms with Crippen LogP contribution in [0.25, 0.3) is 0 Å². The van der Waals surface area contributed by atoms with Gasteiger partial charge in [0.05, 0.1) is 0 Å². The molecule has 6 heteroatoms. The summed E-state index contributed by atoms with van der Waals surface area (Å²) in [6.45, 7) is 6.41. The van der Waals surface area contributed by atoms with E-state index in [1.54, 1.807) is 0 Å². The number of esters is 3. The van der Waals surface area contributed by atoms with Gasteiger partial charge in [-0.3, -0.25) is 14.4 Å².